The van der Waals surface area contributed by atoms with Gasteiger partial charge in [0, 0.05) is 5.92 Å². The highest BCUT2D eigenvalue weighted by molar-refractivity contribution is 7.98. The molecule has 1 aromatic carbocycles. The van der Waals surface area contributed by atoms with Gasteiger partial charge in [-0.05, 0) is 48.8 Å². The van der Waals surface area contributed by atoms with E-state index in [9.17, 15) is 0 Å². The molecule has 1 aliphatic rings. The van der Waals surface area contributed by atoms with Crippen LogP contribution < -0.4 is 5.73 Å². The first-order valence-corrected chi connectivity index (χ1v) is 8.85. The molecule has 0 spiro atoms. The van der Waals surface area contributed by atoms with Gasteiger partial charge < -0.3 is 10.3 Å². The molecule has 0 radical (unpaired) electrons. The number of hydrogen-bond acceptors (Lipinski definition) is 5. The summed E-state index contributed by atoms with van der Waals surface area (Å²) in [5.74, 6) is 2.62. The predicted molar refractivity (Wildman–Crippen MR) is 85.4 cm³/mol. The van der Waals surface area contributed by atoms with E-state index in [1.165, 1.54) is 17.5 Å². The van der Waals surface area contributed by atoms with Gasteiger partial charge in [-0.1, -0.05) is 29.4 Å². The number of fused-ring (bicyclic) bond motifs is 1. The number of benzene rings is 1. The van der Waals surface area contributed by atoms with E-state index < -0.39 is 0 Å². The zero-order chi connectivity index (χ0) is 14.7. The zero-order valence-corrected chi connectivity index (χ0v) is 13.1. The second-order valence-corrected chi connectivity index (χ2v) is 6.51. The van der Waals surface area contributed by atoms with Gasteiger partial charge in [-0.2, -0.15) is 16.7 Å². The molecule has 112 valence electrons. The van der Waals surface area contributed by atoms with E-state index in [2.05, 4.69) is 40.7 Å². The molecule has 3 rings (SSSR count). The number of hydrogen-bond donors (Lipinski definition) is 1. The van der Waals surface area contributed by atoms with Gasteiger partial charge in [-0.15, -0.1) is 0 Å². The first-order valence-electron chi connectivity index (χ1n) is 7.45. The van der Waals surface area contributed by atoms with Crippen molar-refractivity contribution in [3.05, 3.63) is 47.1 Å². The first-order chi connectivity index (χ1) is 10.3. The lowest BCUT2D eigenvalue weighted by molar-refractivity contribution is 0.346. The molecule has 0 bridgehead atoms. The van der Waals surface area contributed by atoms with Crippen molar-refractivity contribution in [3.63, 3.8) is 0 Å². The number of aryl methyl sites for hydroxylation is 1. The Labute approximate surface area is 129 Å². The topological polar surface area (TPSA) is 64.9 Å². The lowest BCUT2D eigenvalue weighted by Crippen LogP contribution is -2.14. The molecular weight excluding hydrogens is 282 g/mol. The highest BCUT2D eigenvalue weighted by Crippen LogP contribution is 2.35. The maximum atomic E-state index is 6.11. The van der Waals surface area contributed by atoms with Gasteiger partial charge in [0.15, 0.2) is 5.82 Å². The van der Waals surface area contributed by atoms with Gasteiger partial charge in [0.05, 0.1) is 6.04 Å². The standard InChI is InChI=1S/C16H21N3OS/c1-21-10-9-14(17)16-18-15(19-20-16)13-8-4-6-11-5-2-3-7-12(11)13/h2-3,5,7,13-14H,4,6,8-10,17H2,1H3/t13?,14-/m1/s1. The van der Waals surface area contributed by atoms with E-state index in [4.69, 9.17) is 10.3 Å². The van der Waals surface area contributed by atoms with Crippen LogP contribution in [0.1, 0.15) is 54.1 Å². The van der Waals surface area contributed by atoms with Crippen LogP contribution in [-0.2, 0) is 6.42 Å². The lowest BCUT2D eigenvalue weighted by Gasteiger charge is -2.22. The quantitative estimate of drug-likeness (QED) is 0.918. The fraction of sp³-hybridized carbons (Fsp3) is 0.500. The average Bonchev–Trinajstić information content (AvgIpc) is 3.02. The summed E-state index contributed by atoms with van der Waals surface area (Å²) in [5.41, 5.74) is 8.86. The van der Waals surface area contributed by atoms with Crippen molar-refractivity contribution in [2.75, 3.05) is 12.0 Å². The number of rotatable bonds is 5. The molecule has 1 heterocycles. The van der Waals surface area contributed by atoms with Crippen LogP contribution in [0.5, 0.6) is 0 Å². The van der Waals surface area contributed by atoms with Crippen molar-refractivity contribution < 1.29 is 4.52 Å². The Balaban J connectivity index is 1.81. The summed E-state index contributed by atoms with van der Waals surface area (Å²) in [5, 5.41) is 4.19. The van der Waals surface area contributed by atoms with Crippen LogP contribution in [0.4, 0.5) is 0 Å². The van der Waals surface area contributed by atoms with Crippen LogP contribution in [0.3, 0.4) is 0 Å². The van der Waals surface area contributed by atoms with Crippen molar-refractivity contribution in [2.24, 2.45) is 5.73 Å². The number of nitrogens with two attached hydrogens (primary N) is 1. The Morgan fingerprint density at radius 1 is 1.43 bits per heavy atom. The van der Waals surface area contributed by atoms with Crippen molar-refractivity contribution >= 4 is 11.8 Å². The molecule has 0 aliphatic heterocycles. The summed E-state index contributed by atoms with van der Waals surface area (Å²) >= 11 is 1.78. The molecule has 0 saturated heterocycles. The minimum absolute atomic E-state index is 0.155. The molecule has 21 heavy (non-hydrogen) atoms. The number of nitrogens with zero attached hydrogens (tertiary/aromatic N) is 2. The van der Waals surface area contributed by atoms with Crippen LogP contribution in [0.2, 0.25) is 0 Å². The van der Waals surface area contributed by atoms with E-state index >= 15 is 0 Å². The van der Waals surface area contributed by atoms with Gasteiger partial charge in [0.25, 0.3) is 0 Å². The Morgan fingerprint density at radius 3 is 3.14 bits per heavy atom. The minimum Gasteiger partial charge on any atom is -0.338 e. The van der Waals surface area contributed by atoms with E-state index in [-0.39, 0.29) is 12.0 Å². The smallest absolute Gasteiger partial charge is 0.243 e. The molecule has 2 N–H and O–H groups in total. The van der Waals surface area contributed by atoms with Crippen molar-refractivity contribution in [1.82, 2.24) is 10.1 Å². The summed E-state index contributed by atoms with van der Waals surface area (Å²) in [6.45, 7) is 0. The third-order valence-corrected chi connectivity index (χ3v) is 4.73. The fourth-order valence-electron chi connectivity index (χ4n) is 2.93. The Bertz CT molecular complexity index is 599. The van der Waals surface area contributed by atoms with Gasteiger partial charge in [0.1, 0.15) is 0 Å². The van der Waals surface area contributed by atoms with Crippen molar-refractivity contribution in [2.45, 2.75) is 37.6 Å². The largest absolute Gasteiger partial charge is 0.338 e. The normalized spacial score (nSPS) is 19.2. The Hall–Kier alpha value is -1.33. The summed E-state index contributed by atoms with van der Waals surface area (Å²) in [6.07, 6.45) is 6.33. The zero-order valence-electron chi connectivity index (χ0n) is 12.3. The Morgan fingerprint density at radius 2 is 2.29 bits per heavy atom. The highest BCUT2D eigenvalue weighted by atomic mass is 32.2. The number of aromatic nitrogens is 2. The maximum absolute atomic E-state index is 6.11. The molecule has 0 saturated carbocycles. The second kappa shape index (κ2) is 6.62. The molecule has 2 aromatic rings. The fourth-order valence-corrected chi connectivity index (χ4v) is 3.42. The minimum atomic E-state index is -0.155. The highest BCUT2D eigenvalue weighted by Gasteiger charge is 2.26. The molecule has 5 heteroatoms. The summed E-state index contributed by atoms with van der Waals surface area (Å²) in [6, 6.07) is 8.41. The van der Waals surface area contributed by atoms with E-state index in [1.54, 1.807) is 11.8 Å². The Kier molecular flexibility index (Phi) is 4.60. The lowest BCUT2D eigenvalue weighted by atomic mass is 9.82. The van der Waals surface area contributed by atoms with Crippen LogP contribution in [0.25, 0.3) is 0 Å². The van der Waals surface area contributed by atoms with Crippen molar-refractivity contribution in [1.29, 1.82) is 0 Å². The summed E-state index contributed by atoms with van der Waals surface area (Å²) < 4.78 is 5.40. The molecule has 1 unspecified atom stereocenters. The first kappa shape index (κ1) is 14.6. The summed E-state index contributed by atoms with van der Waals surface area (Å²) in [7, 11) is 0. The van der Waals surface area contributed by atoms with E-state index in [0.717, 1.165) is 30.8 Å². The van der Waals surface area contributed by atoms with E-state index in [0.29, 0.717) is 5.89 Å². The average molecular weight is 303 g/mol. The SMILES string of the molecule is CSCC[C@@H](N)c1nc(C2CCCc3ccccc32)no1. The molecular formula is C16H21N3OS. The molecule has 1 aromatic heterocycles. The van der Waals surface area contributed by atoms with E-state index in [1.807, 2.05) is 0 Å². The number of thioether (sulfide) groups is 1. The third kappa shape index (κ3) is 3.14. The molecule has 1 aliphatic carbocycles. The maximum Gasteiger partial charge on any atom is 0.243 e. The van der Waals surface area contributed by atoms with Crippen LogP contribution in [0, 0.1) is 0 Å². The molecule has 0 amide bonds. The van der Waals surface area contributed by atoms with Gasteiger partial charge in [0.2, 0.25) is 5.89 Å². The van der Waals surface area contributed by atoms with Gasteiger partial charge in [-0.25, -0.2) is 0 Å². The molecule has 4 nitrogen and oxygen atoms in total. The molecule has 0 fully saturated rings. The van der Waals surface area contributed by atoms with Crippen molar-refractivity contribution in [3.8, 4) is 0 Å². The monoisotopic (exact) mass is 303 g/mol. The van der Waals surface area contributed by atoms with Crippen LogP contribution in [0.15, 0.2) is 28.8 Å². The third-order valence-electron chi connectivity index (χ3n) is 4.09. The van der Waals surface area contributed by atoms with Gasteiger partial charge >= 0.3 is 0 Å². The predicted octanol–water partition coefficient (Wildman–Crippen LogP) is 3.29. The van der Waals surface area contributed by atoms with Gasteiger partial charge in [-0.3, -0.25) is 0 Å². The second-order valence-electron chi connectivity index (χ2n) is 5.52. The van der Waals surface area contributed by atoms with Crippen LogP contribution in [-0.4, -0.2) is 22.1 Å². The van der Waals surface area contributed by atoms with Crippen LogP contribution >= 0.6 is 11.8 Å². The summed E-state index contributed by atoms with van der Waals surface area (Å²) in [4.78, 5) is 4.57. The molecule has 2 atom stereocenters.